The zero-order chi connectivity index (χ0) is 39.7. The van der Waals surface area contributed by atoms with Crippen LogP contribution in [-0.4, -0.2) is 128 Å². The van der Waals surface area contributed by atoms with E-state index in [2.05, 4.69) is 82.0 Å². The van der Waals surface area contributed by atoms with Crippen molar-refractivity contribution >= 4 is 55.9 Å². The molecule has 2 amide bonds. The minimum atomic E-state index is -0.637. The first-order valence-electron chi connectivity index (χ1n) is 18.6. The van der Waals surface area contributed by atoms with Crippen molar-refractivity contribution in [1.29, 1.82) is 0 Å². The van der Waals surface area contributed by atoms with Crippen LogP contribution >= 0.6 is 11.3 Å². The number of aliphatic hydroxyl groups is 2. The van der Waals surface area contributed by atoms with Crippen molar-refractivity contribution in [2.24, 2.45) is 0 Å². The minimum Gasteiger partial charge on any atom is -0.394 e. The molecular formula is C40H44N10O6S. The molecule has 0 saturated carbocycles. The maximum atomic E-state index is 11.4. The quantitative estimate of drug-likeness (QED) is 0.0872. The third-order valence-corrected chi connectivity index (χ3v) is 11.6. The molecule has 16 nitrogen and oxygen atoms in total. The Morgan fingerprint density at radius 1 is 0.614 bits per heavy atom. The molecule has 6 N–H and O–H groups in total. The van der Waals surface area contributed by atoms with E-state index in [1.165, 1.54) is 45.1 Å². The number of piperazine rings is 2. The van der Waals surface area contributed by atoms with E-state index in [-0.39, 0.29) is 36.4 Å². The van der Waals surface area contributed by atoms with Gasteiger partial charge >= 0.3 is 0 Å². The van der Waals surface area contributed by atoms with Crippen molar-refractivity contribution in [2.45, 2.75) is 12.1 Å². The van der Waals surface area contributed by atoms with Crippen LogP contribution in [0.4, 0.5) is 11.9 Å². The molecule has 3 aromatic carbocycles. The summed E-state index contributed by atoms with van der Waals surface area (Å²) in [7, 11) is 0. The second-order valence-corrected chi connectivity index (χ2v) is 14.7. The van der Waals surface area contributed by atoms with Crippen LogP contribution in [0.25, 0.3) is 20.9 Å². The molecule has 2 saturated heterocycles. The molecule has 8 rings (SSSR count). The van der Waals surface area contributed by atoms with Crippen molar-refractivity contribution < 1.29 is 30.2 Å². The lowest BCUT2D eigenvalue weighted by Crippen LogP contribution is -2.49. The third kappa shape index (κ3) is 9.00. The van der Waals surface area contributed by atoms with Gasteiger partial charge in [0.05, 0.1) is 36.4 Å². The van der Waals surface area contributed by atoms with Crippen LogP contribution in [0.5, 0.6) is 0 Å². The molecule has 6 aromatic rings. The molecular weight excluding hydrogens is 749 g/mol. The van der Waals surface area contributed by atoms with Crippen molar-refractivity contribution in [3.63, 3.8) is 0 Å². The number of benzene rings is 3. The number of aliphatic hydroxyl groups excluding tert-OH is 2. The Kier molecular flexibility index (Phi) is 12.9. The van der Waals surface area contributed by atoms with E-state index in [1.807, 2.05) is 30.3 Å². The predicted octanol–water partition coefficient (Wildman–Crippen LogP) is 3.27. The van der Waals surface area contributed by atoms with E-state index in [1.54, 1.807) is 22.3 Å². The van der Waals surface area contributed by atoms with Crippen LogP contribution < -0.4 is 20.8 Å². The smallest absolute Gasteiger partial charge is 0.277 e. The second-order valence-electron chi connectivity index (χ2n) is 13.6. The molecule has 5 heterocycles. The van der Waals surface area contributed by atoms with E-state index in [0.29, 0.717) is 25.0 Å². The van der Waals surface area contributed by atoms with Gasteiger partial charge < -0.3 is 20.0 Å². The Morgan fingerprint density at radius 3 is 1.60 bits per heavy atom. The lowest BCUT2D eigenvalue weighted by Gasteiger charge is -2.39. The van der Waals surface area contributed by atoms with Crippen molar-refractivity contribution in [2.75, 3.05) is 75.4 Å². The molecule has 0 bridgehead atoms. The Labute approximate surface area is 332 Å². The van der Waals surface area contributed by atoms with Gasteiger partial charge in [-0.05, 0) is 33.9 Å². The molecule has 0 radical (unpaired) electrons. The fourth-order valence-electron chi connectivity index (χ4n) is 7.30. The van der Waals surface area contributed by atoms with E-state index >= 15 is 0 Å². The first kappa shape index (κ1) is 39.6. The molecule has 0 spiro atoms. The van der Waals surface area contributed by atoms with Gasteiger partial charge in [0, 0.05) is 86.7 Å². The number of thiophene rings is 1. The van der Waals surface area contributed by atoms with Gasteiger partial charge in [0.1, 0.15) is 0 Å². The van der Waals surface area contributed by atoms with Crippen LogP contribution in [0.3, 0.4) is 0 Å². The topological polar surface area (TPSA) is 204 Å². The number of nitrogens with one attached hydrogen (secondary N) is 2. The molecule has 0 aliphatic carbocycles. The highest BCUT2D eigenvalue weighted by Gasteiger charge is 2.28. The summed E-state index contributed by atoms with van der Waals surface area (Å²) in [5, 5.41) is 41.0. The molecule has 2 atom stereocenters. The number of anilines is 2. The second kappa shape index (κ2) is 18.5. The molecule has 296 valence electrons. The number of fused-ring (bicyclic) bond motifs is 2. The molecule has 3 aromatic heterocycles. The number of carbonyl (C=O) groups excluding carboxylic acids is 2. The SMILES string of the molecule is O=C(NO)c1cnc(N2CCN(C(CO)c3cc4ccccc4s3)CC2)nc1.O=C(NO)c1cnc(N2CCN(C(CO)c3cccc4ccccc34)CC2)nc1. The number of hydroxylamine groups is 2. The number of hydrogen-bond donors (Lipinski definition) is 6. The molecule has 57 heavy (non-hydrogen) atoms. The first-order chi connectivity index (χ1) is 27.9. The Balaban J connectivity index is 0.000000174. The van der Waals surface area contributed by atoms with Crippen molar-refractivity contribution in [1.82, 2.24) is 40.7 Å². The average molecular weight is 793 g/mol. The average Bonchev–Trinajstić information content (AvgIpc) is 3.71. The lowest BCUT2D eigenvalue weighted by molar-refractivity contribution is 0.0701. The molecule has 17 heteroatoms. The van der Waals surface area contributed by atoms with Crippen LogP contribution in [0.1, 0.15) is 43.2 Å². The van der Waals surface area contributed by atoms with Crippen LogP contribution in [0.15, 0.2) is 97.6 Å². The van der Waals surface area contributed by atoms with Gasteiger partial charge in [0.2, 0.25) is 11.9 Å². The monoisotopic (exact) mass is 792 g/mol. The van der Waals surface area contributed by atoms with Gasteiger partial charge in [-0.25, -0.2) is 30.9 Å². The van der Waals surface area contributed by atoms with Crippen LogP contribution in [0.2, 0.25) is 0 Å². The lowest BCUT2D eigenvalue weighted by atomic mass is 9.97. The summed E-state index contributed by atoms with van der Waals surface area (Å²) in [4.78, 5) is 49.5. The Morgan fingerprint density at radius 2 is 1.09 bits per heavy atom. The standard InChI is InChI=1S/C21H23N5O3.C19H21N5O3S/c27-14-19(18-7-3-5-15-4-1-2-6-17(15)18)25-8-10-26(11-9-25)21-22-12-16(13-23-21)20(28)24-29;25-12-15(17-9-13-3-1-2-4-16(13)28-17)23-5-7-24(8-6-23)19-20-10-14(11-21-19)18(26)22-27/h1-7,12-13,19,27,29H,8-11,14H2,(H,24,28);1-4,9-11,15,25,27H,5-8,12H2,(H,22,26). The summed E-state index contributed by atoms with van der Waals surface area (Å²) in [6, 6.07) is 24.8. The van der Waals surface area contributed by atoms with Crippen molar-refractivity contribution in [3.8, 4) is 0 Å². The predicted molar refractivity (Wildman–Crippen MR) is 216 cm³/mol. The zero-order valence-corrected chi connectivity index (χ0v) is 31.9. The summed E-state index contributed by atoms with van der Waals surface area (Å²) < 4.78 is 1.23. The number of nitrogens with zero attached hydrogens (tertiary/aromatic N) is 8. The van der Waals surface area contributed by atoms with Crippen LogP contribution in [-0.2, 0) is 0 Å². The number of rotatable bonds is 10. The zero-order valence-electron chi connectivity index (χ0n) is 31.1. The summed E-state index contributed by atoms with van der Waals surface area (Å²) in [6.07, 6.45) is 5.59. The number of hydrogen-bond acceptors (Lipinski definition) is 15. The number of carbonyl (C=O) groups is 2. The van der Waals surface area contributed by atoms with Gasteiger partial charge in [-0.15, -0.1) is 11.3 Å². The highest BCUT2D eigenvalue weighted by atomic mass is 32.1. The van der Waals surface area contributed by atoms with Gasteiger partial charge in [0.15, 0.2) is 0 Å². The highest BCUT2D eigenvalue weighted by Crippen LogP contribution is 2.33. The van der Waals surface area contributed by atoms with E-state index < -0.39 is 11.8 Å². The molecule has 2 fully saturated rings. The molecule has 2 aliphatic rings. The highest BCUT2D eigenvalue weighted by molar-refractivity contribution is 7.19. The summed E-state index contributed by atoms with van der Waals surface area (Å²) in [5.41, 5.74) is 4.68. The number of aromatic nitrogens is 4. The Bertz CT molecular complexity index is 2220. The van der Waals surface area contributed by atoms with Crippen LogP contribution in [0, 0.1) is 0 Å². The maximum absolute atomic E-state index is 11.4. The first-order valence-corrected chi connectivity index (χ1v) is 19.4. The van der Waals surface area contributed by atoms with Gasteiger partial charge in [-0.1, -0.05) is 60.7 Å². The van der Waals surface area contributed by atoms with Gasteiger partial charge in [-0.3, -0.25) is 29.8 Å². The fraction of sp³-hybridized carbons (Fsp3) is 0.300. The maximum Gasteiger partial charge on any atom is 0.277 e. The van der Waals surface area contributed by atoms with E-state index in [4.69, 9.17) is 10.4 Å². The summed E-state index contributed by atoms with van der Waals surface area (Å²) in [6.45, 7) is 6.10. The van der Waals surface area contributed by atoms with E-state index in [9.17, 15) is 19.8 Å². The number of amides is 2. The summed E-state index contributed by atoms with van der Waals surface area (Å²) >= 11 is 1.73. The minimum absolute atomic E-state index is 0.0175. The van der Waals surface area contributed by atoms with Gasteiger partial charge in [0.25, 0.3) is 11.8 Å². The van der Waals surface area contributed by atoms with E-state index in [0.717, 1.165) is 50.2 Å². The summed E-state index contributed by atoms with van der Waals surface area (Å²) in [5.74, 6) is -0.172. The van der Waals surface area contributed by atoms with Crippen molar-refractivity contribution in [3.05, 3.63) is 119 Å². The third-order valence-electron chi connectivity index (χ3n) is 10.4. The van der Waals surface area contributed by atoms with Gasteiger partial charge in [-0.2, -0.15) is 0 Å². The largest absolute Gasteiger partial charge is 0.394 e. The normalized spacial score (nSPS) is 16.1. The Hall–Kier alpha value is -5.66. The fourth-order valence-corrected chi connectivity index (χ4v) is 8.49. The molecule has 2 unspecified atom stereocenters. The molecule has 2 aliphatic heterocycles.